The number of halogens is 2. The molecule has 122 valence electrons. The van der Waals surface area contributed by atoms with Crippen molar-refractivity contribution in [3.63, 3.8) is 0 Å². The molecule has 0 spiro atoms. The van der Waals surface area contributed by atoms with Gasteiger partial charge in [-0.05, 0) is 47.7 Å². The molecule has 8 heteroatoms. The van der Waals surface area contributed by atoms with E-state index in [0.29, 0.717) is 22.2 Å². The monoisotopic (exact) mass is 406 g/mol. The van der Waals surface area contributed by atoms with Crippen LogP contribution in [0.2, 0.25) is 5.02 Å². The number of aromatic nitrogens is 4. The van der Waals surface area contributed by atoms with Crippen LogP contribution in [0.3, 0.4) is 0 Å². The van der Waals surface area contributed by atoms with Crippen LogP contribution in [0.5, 0.6) is 5.75 Å². The summed E-state index contributed by atoms with van der Waals surface area (Å²) in [7, 11) is 1.52. The summed E-state index contributed by atoms with van der Waals surface area (Å²) < 4.78 is 6.04. The minimum atomic E-state index is -0.167. The summed E-state index contributed by atoms with van der Waals surface area (Å²) >= 11 is 9.41. The molecule has 3 aromatic rings. The molecule has 0 aliphatic rings. The van der Waals surface area contributed by atoms with E-state index >= 15 is 0 Å². The third kappa shape index (κ3) is 3.63. The van der Waals surface area contributed by atoms with Crippen molar-refractivity contribution < 1.29 is 9.53 Å². The van der Waals surface area contributed by atoms with Crippen LogP contribution in [0, 0.1) is 0 Å². The molecule has 1 heterocycles. The third-order valence-corrected chi connectivity index (χ3v) is 4.14. The zero-order chi connectivity index (χ0) is 17.1. The van der Waals surface area contributed by atoms with Crippen molar-refractivity contribution in [2.45, 2.75) is 6.54 Å². The van der Waals surface area contributed by atoms with E-state index in [2.05, 4.69) is 31.3 Å². The second-order valence-corrected chi connectivity index (χ2v) is 6.25. The molecule has 0 N–H and O–H groups in total. The molecule has 24 heavy (non-hydrogen) atoms. The van der Waals surface area contributed by atoms with Crippen LogP contribution in [0.25, 0.3) is 11.4 Å². The molecule has 0 amide bonds. The highest BCUT2D eigenvalue weighted by Gasteiger charge is 2.13. The van der Waals surface area contributed by atoms with Gasteiger partial charge in [0.15, 0.2) is 5.78 Å². The molecular weight excluding hydrogens is 396 g/mol. The SMILES string of the molecule is COc1ccc(C(=O)Cn2nnc(-c3ccc(Br)cc3)n2)cc1Cl. The number of Topliss-reactive ketones (excluding diaryl/α,β-unsaturated/α-hetero) is 1. The number of tetrazole rings is 1. The number of ketones is 1. The first-order valence-corrected chi connectivity index (χ1v) is 8.14. The number of rotatable bonds is 5. The molecule has 6 nitrogen and oxygen atoms in total. The van der Waals surface area contributed by atoms with Crippen molar-refractivity contribution in [2.75, 3.05) is 7.11 Å². The Labute approximate surface area is 151 Å². The number of carbonyl (C=O) groups excluding carboxylic acids is 1. The Kier molecular flexibility index (Phi) is 4.92. The molecule has 0 atom stereocenters. The fourth-order valence-electron chi connectivity index (χ4n) is 2.08. The van der Waals surface area contributed by atoms with E-state index in [1.54, 1.807) is 18.2 Å². The number of ether oxygens (including phenoxy) is 1. The quantitative estimate of drug-likeness (QED) is 0.604. The minimum absolute atomic E-state index is 0.0216. The van der Waals surface area contributed by atoms with E-state index in [1.165, 1.54) is 11.9 Å². The van der Waals surface area contributed by atoms with Gasteiger partial charge in [-0.3, -0.25) is 4.79 Å². The van der Waals surface area contributed by atoms with Crippen LogP contribution < -0.4 is 4.74 Å². The summed E-state index contributed by atoms with van der Waals surface area (Å²) in [6.45, 7) is -0.0216. The second-order valence-electron chi connectivity index (χ2n) is 4.92. The fraction of sp³-hybridized carbons (Fsp3) is 0.125. The Morgan fingerprint density at radius 2 is 2.00 bits per heavy atom. The molecule has 0 radical (unpaired) electrons. The number of carbonyl (C=O) groups is 1. The van der Waals surface area contributed by atoms with Crippen molar-refractivity contribution in [1.82, 2.24) is 20.2 Å². The Hall–Kier alpha value is -2.25. The summed E-state index contributed by atoms with van der Waals surface area (Å²) in [5.74, 6) is 0.812. The molecule has 3 rings (SSSR count). The van der Waals surface area contributed by atoms with E-state index in [9.17, 15) is 4.79 Å². The molecule has 0 bridgehead atoms. The van der Waals surface area contributed by atoms with E-state index in [-0.39, 0.29) is 12.3 Å². The van der Waals surface area contributed by atoms with Gasteiger partial charge in [0.25, 0.3) is 0 Å². The zero-order valence-electron chi connectivity index (χ0n) is 12.6. The molecule has 0 fully saturated rings. The van der Waals surface area contributed by atoms with Gasteiger partial charge < -0.3 is 4.74 Å². The molecule has 0 aliphatic heterocycles. The Balaban J connectivity index is 1.75. The Bertz CT molecular complexity index is 880. The smallest absolute Gasteiger partial charge is 0.204 e. The van der Waals surface area contributed by atoms with Crippen molar-refractivity contribution in [3.8, 4) is 17.1 Å². The van der Waals surface area contributed by atoms with Crippen LogP contribution >= 0.6 is 27.5 Å². The first-order chi connectivity index (χ1) is 11.6. The Morgan fingerprint density at radius 3 is 2.67 bits per heavy atom. The predicted octanol–water partition coefficient (Wildman–Crippen LogP) is 3.65. The third-order valence-electron chi connectivity index (χ3n) is 3.31. The normalized spacial score (nSPS) is 10.6. The van der Waals surface area contributed by atoms with Crippen molar-refractivity contribution in [2.24, 2.45) is 0 Å². The largest absolute Gasteiger partial charge is 0.495 e. The van der Waals surface area contributed by atoms with Crippen molar-refractivity contribution in [3.05, 3.63) is 57.5 Å². The van der Waals surface area contributed by atoms with Gasteiger partial charge in [0.2, 0.25) is 5.82 Å². The van der Waals surface area contributed by atoms with Gasteiger partial charge in [0.1, 0.15) is 12.3 Å². The van der Waals surface area contributed by atoms with E-state index in [0.717, 1.165) is 10.0 Å². The van der Waals surface area contributed by atoms with Crippen LogP contribution in [0.4, 0.5) is 0 Å². The number of benzene rings is 2. The van der Waals surface area contributed by atoms with Crippen molar-refractivity contribution >= 4 is 33.3 Å². The van der Waals surface area contributed by atoms with Gasteiger partial charge in [0.05, 0.1) is 12.1 Å². The molecule has 2 aromatic carbocycles. The lowest BCUT2D eigenvalue weighted by Crippen LogP contribution is -2.13. The number of methoxy groups -OCH3 is 1. The predicted molar refractivity (Wildman–Crippen MR) is 93.3 cm³/mol. The van der Waals surface area contributed by atoms with E-state index in [4.69, 9.17) is 16.3 Å². The van der Waals surface area contributed by atoms with Gasteiger partial charge in [0, 0.05) is 15.6 Å². The average molecular weight is 408 g/mol. The van der Waals surface area contributed by atoms with Crippen molar-refractivity contribution in [1.29, 1.82) is 0 Å². The maximum atomic E-state index is 12.3. The number of nitrogens with zero attached hydrogens (tertiary/aromatic N) is 4. The highest BCUT2D eigenvalue weighted by molar-refractivity contribution is 9.10. The first kappa shape index (κ1) is 16.6. The maximum absolute atomic E-state index is 12.3. The van der Waals surface area contributed by atoms with Gasteiger partial charge in [-0.1, -0.05) is 27.5 Å². The van der Waals surface area contributed by atoms with Gasteiger partial charge in [-0.15, -0.1) is 10.2 Å². The number of hydrogen-bond acceptors (Lipinski definition) is 5. The van der Waals surface area contributed by atoms with Gasteiger partial charge in [-0.2, -0.15) is 4.80 Å². The van der Waals surface area contributed by atoms with Crippen LogP contribution in [-0.2, 0) is 6.54 Å². The van der Waals surface area contributed by atoms with E-state index < -0.39 is 0 Å². The first-order valence-electron chi connectivity index (χ1n) is 6.97. The molecular formula is C16H12BrClN4O2. The lowest BCUT2D eigenvalue weighted by Gasteiger charge is -2.05. The van der Waals surface area contributed by atoms with Gasteiger partial charge >= 0.3 is 0 Å². The maximum Gasteiger partial charge on any atom is 0.204 e. The molecule has 1 aromatic heterocycles. The van der Waals surface area contributed by atoms with Crippen LogP contribution in [0.1, 0.15) is 10.4 Å². The summed E-state index contributed by atoms with van der Waals surface area (Å²) in [5, 5.41) is 12.5. The molecule has 0 unspecified atom stereocenters. The summed E-state index contributed by atoms with van der Waals surface area (Å²) in [6, 6.07) is 12.4. The topological polar surface area (TPSA) is 69.9 Å². The van der Waals surface area contributed by atoms with Crippen LogP contribution in [0.15, 0.2) is 46.9 Å². The fourth-order valence-corrected chi connectivity index (χ4v) is 2.61. The number of hydrogen-bond donors (Lipinski definition) is 0. The summed E-state index contributed by atoms with van der Waals surface area (Å²) in [5.41, 5.74) is 1.28. The minimum Gasteiger partial charge on any atom is -0.495 e. The van der Waals surface area contributed by atoms with E-state index in [1.807, 2.05) is 24.3 Å². The molecule has 0 aliphatic carbocycles. The standard InChI is InChI=1S/C16H12BrClN4O2/c1-24-15-7-4-11(8-13(15)18)14(23)9-22-20-16(19-21-22)10-2-5-12(17)6-3-10/h2-8H,9H2,1H3. The second kappa shape index (κ2) is 7.11. The average Bonchev–Trinajstić information content (AvgIpc) is 3.04. The van der Waals surface area contributed by atoms with Gasteiger partial charge in [-0.25, -0.2) is 0 Å². The molecule has 0 saturated heterocycles. The Morgan fingerprint density at radius 1 is 1.25 bits per heavy atom. The lowest BCUT2D eigenvalue weighted by atomic mass is 10.1. The highest BCUT2D eigenvalue weighted by Crippen LogP contribution is 2.25. The lowest BCUT2D eigenvalue weighted by molar-refractivity contribution is 0.0961. The molecule has 0 saturated carbocycles. The van der Waals surface area contributed by atoms with Crippen LogP contribution in [-0.4, -0.2) is 33.1 Å². The summed E-state index contributed by atoms with van der Waals surface area (Å²) in [6.07, 6.45) is 0. The summed E-state index contributed by atoms with van der Waals surface area (Å²) in [4.78, 5) is 13.6. The highest BCUT2D eigenvalue weighted by atomic mass is 79.9. The zero-order valence-corrected chi connectivity index (χ0v) is 15.0.